The van der Waals surface area contributed by atoms with Gasteiger partial charge in [-0.25, -0.2) is 0 Å². The molecule has 2 N–H and O–H groups in total. The second-order valence-corrected chi connectivity index (χ2v) is 5.48. The van der Waals surface area contributed by atoms with Crippen molar-refractivity contribution in [2.75, 3.05) is 0 Å². The molecule has 1 aromatic heterocycles. The van der Waals surface area contributed by atoms with E-state index >= 15 is 0 Å². The SMILES string of the molecule is CCC(N)C(Oc1ccc(Cl)cc1Cl)c1ccc(C)o1. The molecule has 0 bridgehead atoms. The van der Waals surface area contributed by atoms with Crippen LogP contribution in [0, 0.1) is 6.92 Å². The van der Waals surface area contributed by atoms with Gasteiger partial charge in [0, 0.05) is 11.1 Å². The summed E-state index contributed by atoms with van der Waals surface area (Å²) in [5.41, 5.74) is 6.13. The number of aryl methyl sites for hydroxylation is 1. The van der Waals surface area contributed by atoms with Crippen LogP contribution in [0.3, 0.4) is 0 Å². The van der Waals surface area contributed by atoms with E-state index in [0.29, 0.717) is 21.6 Å². The van der Waals surface area contributed by atoms with E-state index in [0.717, 1.165) is 12.2 Å². The molecule has 0 amide bonds. The first kappa shape index (κ1) is 15.2. The molecule has 1 heterocycles. The third kappa shape index (κ3) is 3.48. The summed E-state index contributed by atoms with van der Waals surface area (Å²) >= 11 is 12.0. The Labute approximate surface area is 128 Å². The number of benzene rings is 1. The van der Waals surface area contributed by atoms with Gasteiger partial charge in [-0.1, -0.05) is 30.1 Å². The van der Waals surface area contributed by atoms with Crippen molar-refractivity contribution in [3.05, 3.63) is 51.9 Å². The number of halogens is 2. The Bertz CT molecular complexity index is 583. The van der Waals surface area contributed by atoms with Crippen LogP contribution in [0.25, 0.3) is 0 Å². The molecular formula is C15H17Cl2NO2. The molecule has 0 saturated carbocycles. The molecule has 0 saturated heterocycles. The summed E-state index contributed by atoms with van der Waals surface area (Å²) in [6.45, 7) is 3.88. The van der Waals surface area contributed by atoms with Crippen molar-refractivity contribution in [3.8, 4) is 5.75 Å². The average molecular weight is 314 g/mol. The van der Waals surface area contributed by atoms with Crippen molar-refractivity contribution < 1.29 is 9.15 Å². The maximum Gasteiger partial charge on any atom is 0.171 e. The Morgan fingerprint density at radius 3 is 2.55 bits per heavy atom. The highest BCUT2D eigenvalue weighted by atomic mass is 35.5. The molecule has 1 aromatic carbocycles. The summed E-state index contributed by atoms with van der Waals surface area (Å²) in [7, 11) is 0. The predicted octanol–water partition coefficient (Wildman–Crippen LogP) is 4.75. The molecule has 20 heavy (non-hydrogen) atoms. The van der Waals surface area contributed by atoms with E-state index in [1.807, 2.05) is 26.0 Å². The van der Waals surface area contributed by atoms with Gasteiger partial charge >= 0.3 is 0 Å². The van der Waals surface area contributed by atoms with Gasteiger partial charge in [0.15, 0.2) is 6.10 Å². The number of hydrogen-bond donors (Lipinski definition) is 1. The van der Waals surface area contributed by atoms with Gasteiger partial charge in [-0.3, -0.25) is 0 Å². The molecule has 108 valence electrons. The third-order valence-electron chi connectivity index (χ3n) is 3.05. The van der Waals surface area contributed by atoms with Crippen LogP contribution in [0.2, 0.25) is 10.0 Å². The summed E-state index contributed by atoms with van der Waals surface area (Å²) in [6, 6.07) is 8.67. The molecule has 0 aliphatic rings. The molecule has 2 unspecified atom stereocenters. The first-order valence-corrected chi connectivity index (χ1v) is 7.20. The number of nitrogens with two attached hydrogens (primary N) is 1. The predicted molar refractivity (Wildman–Crippen MR) is 81.5 cm³/mol. The molecule has 2 aromatic rings. The fourth-order valence-electron chi connectivity index (χ4n) is 1.88. The van der Waals surface area contributed by atoms with Gasteiger partial charge in [-0.15, -0.1) is 0 Å². The fraction of sp³-hybridized carbons (Fsp3) is 0.333. The second-order valence-electron chi connectivity index (χ2n) is 4.63. The van der Waals surface area contributed by atoms with Gasteiger partial charge in [-0.2, -0.15) is 0 Å². The van der Waals surface area contributed by atoms with Gasteiger partial charge in [0.1, 0.15) is 17.3 Å². The monoisotopic (exact) mass is 313 g/mol. The van der Waals surface area contributed by atoms with Gasteiger partial charge in [-0.05, 0) is 43.7 Å². The van der Waals surface area contributed by atoms with Gasteiger partial charge in [0.05, 0.1) is 5.02 Å². The van der Waals surface area contributed by atoms with Crippen molar-refractivity contribution in [1.29, 1.82) is 0 Å². The van der Waals surface area contributed by atoms with E-state index in [1.54, 1.807) is 18.2 Å². The Morgan fingerprint density at radius 1 is 1.25 bits per heavy atom. The maximum absolute atomic E-state index is 6.13. The molecule has 0 spiro atoms. The lowest BCUT2D eigenvalue weighted by Crippen LogP contribution is -2.31. The number of ether oxygens (including phenoxy) is 1. The highest BCUT2D eigenvalue weighted by Crippen LogP contribution is 2.33. The minimum atomic E-state index is -0.382. The van der Waals surface area contributed by atoms with Gasteiger partial charge < -0.3 is 14.9 Å². The zero-order valence-electron chi connectivity index (χ0n) is 11.4. The van der Waals surface area contributed by atoms with Crippen molar-refractivity contribution >= 4 is 23.2 Å². The van der Waals surface area contributed by atoms with Crippen LogP contribution in [-0.2, 0) is 0 Å². The van der Waals surface area contributed by atoms with Crippen LogP contribution in [0.5, 0.6) is 5.75 Å². The van der Waals surface area contributed by atoms with Crippen molar-refractivity contribution in [2.24, 2.45) is 5.73 Å². The van der Waals surface area contributed by atoms with E-state index in [4.69, 9.17) is 38.1 Å². The third-order valence-corrected chi connectivity index (χ3v) is 3.58. The van der Waals surface area contributed by atoms with Crippen LogP contribution >= 0.6 is 23.2 Å². The van der Waals surface area contributed by atoms with E-state index < -0.39 is 0 Å². The maximum atomic E-state index is 6.13. The quantitative estimate of drug-likeness (QED) is 0.866. The largest absolute Gasteiger partial charge is 0.479 e. The molecule has 3 nitrogen and oxygen atoms in total. The Kier molecular flexibility index (Phi) is 4.97. The van der Waals surface area contributed by atoms with E-state index in [2.05, 4.69) is 0 Å². The van der Waals surface area contributed by atoms with Crippen molar-refractivity contribution in [3.63, 3.8) is 0 Å². The van der Waals surface area contributed by atoms with Crippen molar-refractivity contribution in [1.82, 2.24) is 0 Å². The lowest BCUT2D eigenvalue weighted by atomic mass is 10.1. The molecule has 2 rings (SSSR count). The van der Waals surface area contributed by atoms with Crippen LogP contribution in [0.1, 0.15) is 31.0 Å². The minimum Gasteiger partial charge on any atom is -0.479 e. The van der Waals surface area contributed by atoms with E-state index in [1.165, 1.54) is 0 Å². The lowest BCUT2D eigenvalue weighted by molar-refractivity contribution is 0.143. The molecular weight excluding hydrogens is 297 g/mol. The van der Waals surface area contributed by atoms with Crippen LogP contribution in [0.15, 0.2) is 34.7 Å². The zero-order valence-corrected chi connectivity index (χ0v) is 12.9. The molecule has 5 heteroatoms. The van der Waals surface area contributed by atoms with Crippen LogP contribution in [0.4, 0.5) is 0 Å². The molecule has 0 aliphatic carbocycles. The van der Waals surface area contributed by atoms with Gasteiger partial charge in [0.2, 0.25) is 0 Å². The lowest BCUT2D eigenvalue weighted by Gasteiger charge is -2.23. The molecule has 0 aliphatic heterocycles. The fourth-order valence-corrected chi connectivity index (χ4v) is 2.34. The van der Waals surface area contributed by atoms with E-state index in [9.17, 15) is 0 Å². The number of hydrogen-bond acceptors (Lipinski definition) is 3. The Hall–Kier alpha value is -1.16. The summed E-state index contributed by atoms with van der Waals surface area (Å²) in [5.74, 6) is 2.06. The summed E-state index contributed by atoms with van der Waals surface area (Å²) in [6.07, 6.45) is 0.377. The first-order chi connectivity index (χ1) is 9.51. The second kappa shape index (κ2) is 6.53. The Morgan fingerprint density at radius 2 is 2.00 bits per heavy atom. The van der Waals surface area contributed by atoms with E-state index in [-0.39, 0.29) is 12.1 Å². The topological polar surface area (TPSA) is 48.4 Å². The smallest absolute Gasteiger partial charge is 0.171 e. The van der Waals surface area contributed by atoms with Crippen LogP contribution in [-0.4, -0.2) is 6.04 Å². The average Bonchev–Trinajstić information content (AvgIpc) is 2.83. The Balaban J connectivity index is 2.28. The normalized spacial score (nSPS) is 14.1. The highest BCUT2D eigenvalue weighted by Gasteiger charge is 2.24. The summed E-state index contributed by atoms with van der Waals surface area (Å²) < 4.78 is 11.6. The van der Waals surface area contributed by atoms with Crippen molar-refractivity contribution in [2.45, 2.75) is 32.4 Å². The summed E-state index contributed by atoms with van der Waals surface area (Å²) in [5, 5.41) is 1.02. The number of rotatable bonds is 5. The molecule has 0 fully saturated rings. The first-order valence-electron chi connectivity index (χ1n) is 6.45. The minimum absolute atomic E-state index is 0.188. The summed E-state index contributed by atoms with van der Waals surface area (Å²) in [4.78, 5) is 0. The van der Waals surface area contributed by atoms with Crippen LogP contribution < -0.4 is 10.5 Å². The molecule has 0 radical (unpaired) electrons. The molecule has 2 atom stereocenters. The van der Waals surface area contributed by atoms with Gasteiger partial charge in [0.25, 0.3) is 0 Å². The highest BCUT2D eigenvalue weighted by molar-refractivity contribution is 6.35. The zero-order chi connectivity index (χ0) is 14.7. The standard InChI is InChI=1S/C15H17Cl2NO2/c1-3-12(18)15(14-6-4-9(2)19-14)20-13-7-5-10(16)8-11(13)17/h4-8,12,15H,3,18H2,1-2H3. The number of furan rings is 1.